The molecule has 0 radical (unpaired) electrons. The van der Waals surface area contributed by atoms with Crippen LogP contribution in [0.5, 0.6) is 0 Å². The maximum atomic E-state index is 11.7. The molecule has 108 valence electrons. The molecule has 1 fully saturated rings. The summed E-state index contributed by atoms with van der Waals surface area (Å²) in [5.74, 6) is 0.195. The fourth-order valence-electron chi connectivity index (χ4n) is 2.57. The lowest BCUT2D eigenvalue weighted by Gasteiger charge is -2.20. The van der Waals surface area contributed by atoms with Crippen molar-refractivity contribution in [2.75, 3.05) is 0 Å². The van der Waals surface area contributed by atoms with Gasteiger partial charge in [-0.3, -0.25) is 25.4 Å². The summed E-state index contributed by atoms with van der Waals surface area (Å²) in [6, 6.07) is 3.33. The number of nitrogens with zero attached hydrogens (tertiary/aromatic N) is 1. The first kappa shape index (κ1) is 14.5. The smallest absolute Gasteiger partial charge is 0.271 e. The maximum Gasteiger partial charge on any atom is 0.271 e. The zero-order valence-corrected chi connectivity index (χ0v) is 11.6. The number of aromatic nitrogens is 1. The molecule has 5 heteroatoms. The molecule has 1 aromatic heterocycles. The van der Waals surface area contributed by atoms with Crippen molar-refractivity contribution in [1.82, 2.24) is 15.8 Å². The molecular weight excluding hydrogens is 254 g/mol. The quantitative estimate of drug-likeness (QED) is 0.828. The molecule has 0 saturated heterocycles. The highest BCUT2D eigenvalue weighted by molar-refractivity contribution is 5.94. The Morgan fingerprint density at radius 3 is 2.70 bits per heavy atom. The van der Waals surface area contributed by atoms with Gasteiger partial charge in [-0.2, -0.15) is 0 Å². The second-order valence-electron chi connectivity index (χ2n) is 5.29. The number of carbonyl (C=O) groups excluding carboxylic acids is 2. The number of pyridine rings is 1. The third-order valence-electron chi connectivity index (χ3n) is 3.74. The van der Waals surface area contributed by atoms with E-state index in [1.165, 1.54) is 38.3 Å². The Morgan fingerprint density at radius 1 is 1.20 bits per heavy atom. The second kappa shape index (κ2) is 7.62. The van der Waals surface area contributed by atoms with Gasteiger partial charge in [-0.15, -0.1) is 0 Å². The number of hydrazine groups is 1. The number of nitrogens with one attached hydrogen (secondary N) is 2. The second-order valence-corrected chi connectivity index (χ2v) is 5.29. The van der Waals surface area contributed by atoms with Gasteiger partial charge in [0.2, 0.25) is 5.91 Å². The summed E-state index contributed by atoms with van der Waals surface area (Å²) in [6.45, 7) is 0. The normalized spacial score (nSPS) is 15.6. The first-order valence-corrected chi connectivity index (χ1v) is 7.25. The molecule has 0 aliphatic heterocycles. The Morgan fingerprint density at radius 2 is 2.00 bits per heavy atom. The van der Waals surface area contributed by atoms with E-state index in [-0.39, 0.29) is 11.8 Å². The number of amides is 2. The molecule has 20 heavy (non-hydrogen) atoms. The summed E-state index contributed by atoms with van der Waals surface area (Å²) in [5.41, 5.74) is 5.29. The molecule has 5 nitrogen and oxygen atoms in total. The van der Waals surface area contributed by atoms with Crippen molar-refractivity contribution in [3.8, 4) is 0 Å². The standard InChI is InChI=1S/C15H21N3O2/c19-14(9-8-12-5-2-1-3-6-12)17-18-15(20)13-7-4-10-16-11-13/h4,7,10-12H,1-3,5-6,8-9H2,(H,17,19)(H,18,20). The van der Waals surface area contributed by atoms with Gasteiger partial charge in [0.05, 0.1) is 5.56 Å². The molecule has 1 heterocycles. The molecule has 0 aromatic carbocycles. The Hall–Kier alpha value is -1.91. The zero-order chi connectivity index (χ0) is 14.2. The van der Waals surface area contributed by atoms with Crippen LogP contribution in [-0.4, -0.2) is 16.8 Å². The molecule has 2 N–H and O–H groups in total. The topological polar surface area (TPSA) is 71.1 Å². The van der Waals surface area contributed by atoms with Gasteiger partial charge in [-0.25, -0.2) is 0 Å². The lowest BCUT2D eigenvalue weighted by Crippen LogP contribution is -2.41. The number of rotatable bonds is 4. The molecule has 0 atom stereocenters. The average Bonchev–Trinajstić information content (AvgIpc) is 2.52. The average molecular weight is 275 g/mol. The van der Waals surface area contributed by atoms with Gasteiger partial charge < -0.3 is 0 Å². The predicted octanol–water partition coefficient (Wildman–Crippen LogP) is 2.20. The van der Waals surface area contributed by atoms with E-state index in [4.69, 9.17) is 0 Å². The molecule has 1 aromatic rings. The highest BCUT2D eigenvalue weighted by Gasteiger charge is 2.15. The van der Waals surface area contributed by atoms with Crippen molar-refractivity contribution >= 4 is 11.8 Å². The minimum absolute atomic E-state index is 0.132. The van der Waals surface area contributed by atoms with E-state index in [0.717, 1.165) is 6.42 Å². The van der Waals surface area contributed by atoms with Crippen LogP contribution in [0.4, 0.5) is 0 Å². The van der Waals surface area contributed by atoms with Crippen molar-refractivity contribution in [2.24, 2.45) is 5.92 Å². The van der Waals surface area contributed by atoms with Crippen LogP contribution in [0.3, 0.4) is 0 Å². The van der Waals surface area contributed by atoms with E-state index >= 15 is 0 Å². The molecule has 2 amide bonds. The highest BCUT2D eigenvalue weighted by Crippen LogP contribution is 2.26. The lowest BCUT2D eigenvalue weighted by molar-refractivity contribution is -0.122. The summed E-state index contributed by atoms with van der Waals surface area (Å²) in [6.07, 6.45) is 10.8. The van der Waals surface area contributed by atoms with Crippen LogP contribution < -0.4 is 10.9 Å². The summed E-state index contributed by atoms with van der Waals surface area (Å²) in [5, 5.41) is 0. The van der Waals surface area contributed by atoms with Crippen LogP contribution in [0, 0.1) is 5.92 Å². The molecule has 0 unspecified atom stereocenters. The first-order chi connectivity index (χ1) is 9.75. The van der Waals surface area contributed by atoms with Crippen LogP contribution in [0.2, 0.25) is 0 Å². The van der Waals surface area contributed by atoms with Crippen LogP contribution in [-0.2, 0) is 4.79 Å². The lowest BCUT2D eigenvalue weighted by atomic mass is 9.86. The summed E-state index contributed by atoms with van der Waals surface area (Å²) >= 11 is 0. The van der Waals surface area contributed by atoms with E-state index < -0.39 is 0 Å². The monoisotopic (exact) mass is 275 g/mol. The molecule has 0 spiro atoms. The zero-order valence-electron chi connectivity index (χ0n) is 11.6. The summed E-state index contributed by atoms with van der Waals surface area (Å²) in [7, 11) is 0. The van der Waals surface area contributed by atoms with E-state index in [9.17, 15) is 9.59 Å². The summed E-state index contributed by atoms with van der Waals surface area (Å²) < 4.78 is 0. The maximum absolute atomic E-state index is 11.7. The van der Waals surface area contributed by atoms with E-state index in [1.54, 1.807) is 18.3 Å². The van der Waals surface area contributed by atoms with Gasteiger partial charge >= 0.3 is 0 Å². The minimum atomic E-state index is -0.343. The molecule has 1 aliphatic carbocycles. The number of hydrogen-bond acceptors (Lipinski definition) is 3. The Kier molecular flexibility index (Phi) is 5.53. The fourth-order valence-corrected chi connectivity index (χ4v) is 2.57. The van der Waals surface area contributed by atoms with Crippen molar-refractivity contribution in [3.63, 3.8) is 0 Å². The van der Waals surface area contributed by atoms with E-state index in [2.05, 4.69) is 15.8 Å². The predicted molar refractivity (Wildman–Crippen MR) is 75.7 cm³/mol. The third-order valence-corrected chi connectivity index (χ3v) is 3.74. The molecular formula is C15H21N3O2. The number of hydrogen-bond donors (Lipinski definition) is 2. The van der Waals surface area contributed by atoms with Crippen molar-refractivity contribution in [3.05, 3.63) is 30.1 Å². The van der Waals surface area contributed by atoms with E-state index in [0.29, 0.717) is 17.9 Å². The molecule has 0 bridgehead atoms. The SMILES string of the molecule is O=C(CCC1CCCCC1)NNC(=O)c1cccnc1. The highest BCUT2D eigenvalue weighted by atomic mass is 16.2. The van der Waals surface area contributed by atoms with Gasteiger partial charge in [0, 0.05) is 18.8 Å². The van der Waals surface area contributed by atoms with Crippen molar-refractivity contribution < 1.29 is 9.59 Å². The van der Waals surface area contributed by atoms with Crippen LogP contribution in [0.1, 0.15) is 55.3 Å². The van der Waals surface area contributed by atoms with Crippen molar-refractivity contribution in [2.45, 2.75) is 44.9 Å². The Bertz CT molecular complexity index is 442. The Balaban J connectivity index is 1.66. The summed E-state index contributed by atoms with van der Waals surface area (Å²) in [4.78, 5) is 27.2. The molecule has 1 aliphatic rings. The Labute approximate surface area is 119 Å². The third kappa shape index (κ3) is 4.64. The van der Waals surface area contributed by atoms with Crippen molar-refractivity contribution in [1.29, 1.82) is 0 Å². The van der Waals surface area contributed by atoms with Gasteiger partial charge in [-0.1, -0.05) is 32.1 Å². The van der Waals surface area contributed by atoms with Gasteiger partial charge in [0.15, 0.2) is 0 Å². The number of carbonyl (C=O) groups is 2. The van der Waals surface area contributed by atoms with Gasteiger partial charge in [0.25, 0.3) is 5.91 Å². The first-order valence-electron chi connectivity index (χ1n) is 7.25. The van der Waals surface area contributed by atoms with Crippen LogP contribution in [0.25, 0.3) is 0 Å². The van der Waals surface area contributed by atoms with Crippen LogP contribution in [0.15, 0.2) is 24.5 Å². The largest absolute Gasteiger partial charge is 0.273 e. The van der Waals surface area contributed by atoms with Crippen LogP contribution >= 0.6 is 0 Å². The van der Waals surface area contributed by atoms with Gasteiger partial charge in [-0.05, 0) is 24.5 Å². The van der Waals surface area contributed by atoms with E-state index in [1.807, 2.05) is 0 Å². The fraction of sp³-hybridized carbons (Fsp3) is 0.533. The molecule has 2 rings (SSSR count). The molecule has 1 saturated carbocycles. The van der Waals surface area contributed by atoms with Gasteiger partial charge in [0.1, 0.15) is 0 Å². The minimum Gasteiger partial charge on any atom is -0.273 e.